The van der Waals surface area contributed by atoms with Gasteiger partial charge in [-0.1, -0.05) is 18.2 Å². The number of ether oxygens (including phenoxy) is 1. The van der Waals surface area contributed by atoms with Gasteiger partial charge in [-0.05, 0) is 56.5 Å². The Morgan fingerprint density at radius 1 is 1.24 bits per heavy atom. The van der Waals surface area contributed by atoms with Crippen LogP contribution >= 0.6 is 0 Å². The fraction of sp³-hybridized carbons (Fsp3) is 0.333. The van der Waals surface area contributed by atoms with Crippen LogP contribution in [0.3, 0.4) is 0 Å². The average molecular weight is 503 g/mol. The van der Waals surface area contributed by atoms with Crippen molar-refractivity contribution in [1.29, 1.82) is 5.26 Å². The highest BCUT2D eigenvalue weighted by Crippen LogP contribution is 2.23. The number of methoxy groups -OCH3 is 1. The van der Waals surface area contributed by atoms with Gasteiger partial charge < -0.3 is 24.7 Å². The molecule has 192 valence electrons. The Hall–Kier alpha value is -4.52. The van der Waals surface area contributed by atoms with E-state index in [4.69, 9.17) is 9.15 Å². The third-order valence-electron chi connectivity index (χ3n) is 6.12. The number of rotatable bonds is 7. The van der Waals surface area contributed by atoms with Crippen LogP contribution < -0.4 is 20.7 Å². The number of benzene rings is 2. The fourth-order valence-electron chi connectivity index (χ4n) is 4.33. The molecule has 1 fully saturated rings. The zero-order valence-corrected chi connectivity index (χ0v) is 20.9. The summed E-state index contributed by atoms with van der Waals surface area (Å²) in [6.45, 7) is 2.58. The van der Waals surface area contributed by atoms with Gasteiger partial charge in [-0.15, -0.1) is 0 Å². The number of aliphatic imine (C=N–C) groups is 1. The van der Waals surface area contributed by atoms with Crippen molar-refractivity contribution in [3.8, 4) is 11.9 Å². The number of amides is 2. The van der Waals surface area contributed by atoms with Gasteiger partial charge in [0.2, 0.25) is 17.8 Å². The molecule has 0 bridgehead atoms. The number of carbonyl (C=O) groups is 2. The van der Waals surface area contributed by atoms with Gasteiger partial charge in [0.25, 0.3) is 0 Å². The molecule has 10 nitrogen and oxygen atoms in total. The third-order valence-corrected chi connectivity index (χ3v) is 6.12. The predicted molar refractivity (Wildman–Crippen MR) is 140 cm³/mol. The summed E-state index contributed by atoms with van der Waals surface area (Å²) in [4.78, 5) is 32.0. The SMILES string of the molecule is COc1ccccc1CNC(=O)CN1CCCCC(N=C(NC#N)Nc2ccc3oc(C)cc3c2)C1=O. The largest absolute Gasteiger partial charge is 0.496 e. The lowest BCUT2D eigenvalue weighted by Gasteiger charge is -2.23. The second-order valence-corrected chi connectivity index (χ2v) is 8.81. The van der Waals surface area contributed by atoms with Gasteiger partial charge in [-0.2, -0.15) is 5.26 Å². The smallest absolute Gasteiger partial charge is 0.247 e. The number of nitrogens with zero attached hydrogens (tertiary/aromatic N) is 3. The molecule has 10 heteroatoms. The number of hydrogen-bond donors (Lipinski definition) is 3. The average Bonchev–Trinajstić information content (AvgIpc) is 3.18. The summed E-state index contributed by atoms with van der Waals surface area (Å²) in [6, 6.07) is 14.2. The van der Waals surface area contributed by atoms with Gasteiger partial charge in [0.15, 0.2) is 6.19 Å². The first-order chi connectivity index (χ1) is 18.0. The van der Waals surface area contributed by atoms with Gasteiger partial charge >= 0.3 is 0 Å². The predicted octanol–water partition coefficient (Wildman–Crippen LogP) is 3.29. The van der Waals surface area contributed by atoms with Gasteiger partial charge in [-0.25, -0.2) is 4.99 Å². The van der Waals surface area contributed by atoms with Crippen molar-refractivity contribution < 1.29 is 18.7 Å². The van der Waals surface area contributed by atoms with Gasteiger partial charge in [0, 0.05) is 29.7 Å². The molecule has 0 saturated carbocycles. The fourth-order valence-corrected chi connectivity index (χ4v) is 4.33. The molecular formula is C27H30N6O4. The monoisotopic (exact) mass is 502 g/mol. The number of carbonyl (C=O) groups excluding carboxylic acids is 2. The van der Waals surface area contributed by atoms with E-state index in [1.54, 1.807) is 7.11 Å². The Balaban J connectivity index is 1.43. The molecule has 4 rings (SSSR count). The van der Waals surface area contributed by atoms with Gasteiger partial charge in [0.1, 0.15) is 23.1 Å². The zero-order valence-electron chi connectivity index (χ0n) is 20.9. The Kier molecular flexibility index (Phi) is 8.26. The van der Waals surface area contributed by atoms with E-state index in [0.29, 0.717) is 30.9 Å². The number of fused-ring (bicyclic) bond motifs is 1. The third kappa shape index (κ3) is 6.58. The Bertz CT molecular complexity index is 1340. The molecule has 3 N–H and O–H groups in total. The first kappa shape index (κ1) is 25.6. The van der Waals surface area contributed by atoms with E-state index in [1.165, 1.54) is 4.90 Å². The molecule has 0 spiro atoms. The van der Waals surface area contributed by atoms with Crippen LogP contribution in [0.4, 0.5) is 5.69 Å². The number of anilines is 1. The van der Waals surface area contributed by atoms with E-state index in [9.17, 15) is 14.9 Å². The van der Waals surface area contributed by atoms with Crippen molar-refractivity contribution in [3.63, 3.8) is 0 Å². The number of hydrogen-bond acceptors (Lipinski definition) is 6. The van der Waals surface area contributed by atoms with Crippen LogP contribution in [-0.2, 0) is 16.1 Å². The van der Waals surface area contributed by atoms with Crippen LogP contribution in [0.15, 0.2) is 57.9 Å². The van der Waals surface area contributed by atoms with Crippen LogP contribution in [0, 0.1) is 18.4 Å². The number of likely N-dealkylation sites (tertiary alicyclic amines) is 1. The second kappa shape index (κ2) is 11.9. The first-order valence-corrected chi connectivity index (χ1v) is 12.1. The molecular weight excluding hydrogens is 472 g/mol. The maximum atomic E-state index is 13.3. The normalized spacial score (nSPS) is 16.1. The Labute approximate surface area is 215 Å². The number of aryl methyl sites for hydroxylation is 1. The number of para-hydroxylation sites is 1. The van der Waals surface area contributed by atoms with Crippen LogP contribution in [0.5, 0.6) is 5.75 Å². The minimum atomic E-state index is -0.715. The molecule has 2 amide bonds. The summed E-state index contributed by atoms with van der Waals surface area (Å²) < 4.78 is 10.9. The number of furan rings is 1. The number of nitrogens with one attached hydrogen (secondary N) is 3. The first-order valence-electron chi connectivity index (χ1n) is 12.1. The summed E-state index contributed by atoms with van der Waals surface area (Å²) in [5.41, 5.74) is 2.31. The van der Waals surface area contributed by atoms with E-state index in [1.807, 2.05) is 61.6 Å². The lowest BCUT2D eigenvalue weighted by Crippen LogP contribution is -2.44. The highest BCUT2D eigenvalue weighted by Gasteiger charge is 2.28. The standard InChI is InChI=1S/C27H30N6O4/c1-18-13-20-14-21(10-11-24(20)37-18)31-27(30-17-28)32-22-8-5-6-12-33(26(22)35)16-25(34)29-15-19-7-3-4-9-23(19)36-2/h3-4,7,9-11,13-14,22H,5-6,8,12,15-16H2,1-2H3,(H,29,34)(H2,30,31,32). The molecule has 2 aromatic carbocycles. The quantitative estimate of drug-likeness (QED) is 0.195. The second-order valence-electron chi connectivity index (χ2n) is 8.81. The number of guanidine groups is 1. The van der Waals surface area contributed by atoms with Crippen molar-refractivity contribution >= 4 is 34.4 Å². The van der Waals surface area contributed by atoms with Crippen molar-refractivity contribution in [2.24, 2.45) is 4.99 Å². The maximum Gasteiger partial charge on any atom is 0.247 e. The Morgan fingerprint density at radius 3 is 2.89 bits per heavy atom. The topological polar surface area (TPSA) is 132 Å². The molecule has 1 aromatic heterocycles. The molecule has 3 aromatic rings. The summed E-state index contributed by atoms with van der Waals surface area (Å²) in [5.74, 6) is 1.15. The molecule has 0 radical (unpaired) electrons. The molecule has 1 unspecified atom stereocenters. The van der Waals surface area contributed by atoms with E-state index in [2.05, 4.69) is 20.9 Å². The summed E-state index contributed by atoms with van der Waals surface area (Å²) in [7, 11) is 1.58. The van der Waals surface area contributed by atoms with Crippen molar-refractivity contribution in [2.45, 2.75) is 38.8 Å². The Morgan fingerprint density at radius 2 is 2.08 bits per heavy atom. The molecule has 37 heavy (non-hydrogen) atoms. The highest BCUT2D eigenvalue weighted by molar-refractivity contribution is 5.98. The lowest BCUT2D eigenvalue weighted by atomic mass is 10.1. The highest BCUT2D eigenvalue weighted by atomic mass is 16.5. The van der Waals surface area contributed by atoms with Crippen molar-refractivity contribution in [1.82, 2.24) is 15.5 Å². The zero-order chi connectivity index (χ0) is 26.2. The van der Waals surface area contributed by atoms with Gasteiger partial charge in [0.05, 0.1) is 13.7 Å². The van der Waals surface area contributed by atoms with Crippen LogP contribution in [0.25, 0.3) is 11.0 Å². The summed E-state index contributed by atoms with van der Waals surface area (Å²) >= 11 is 0. The van der Waals surface area contributed by atoms with Crippen molar-refractivity contribution in [3.05, 3.63) is 59.9 Å². The van der Waals surface area contributed by atoms with Crippen LogP contribution in [-0.4, -0.2) is 48.9 Å². The molecule has 0 aliphatic carbocycles. The minimum absolute atomic E-state index is 0.0645. The van der Waals surface area contributed by atoms with Crippen LogP contribution in [0.1, 0.15) is 30.6 Å². The van der Waals surface area contributed by atoms with E-state index in [-0.39, 0.29) is 24.3 Å². The van der Waals surface area contributed by atoms with E-state index in [0.717, 1.165) is 35.1 Å². The summed E-state index contributed by atoms with van der Waals surface area (Å²) in [6.07, 6.45) is 3.94. The summed E-state index contributed by atoms with van der Waals surface area (Å²) in [5, 5.41) is 18.6. The molecule has 1 saturated heterocycles. The maximum absolute atomic E-state index is 13.3. The van der Waals surface area contributed by atoms with E-state index >= 15 is 0 Å². The van der Waals surface area contributed by atoms with Crippen LogP contribution in [0.2, 0.25) is 0 Å². The minimum Gasteiger partial charge on any atom is -0.496 e. The molecule has 2 heterocycles. The molecule has 1 aliphatic rings. The number of nitriles is 1. The lowest BCUT2D eigenvalue weighted by molar-refractivity contribution is -0.136. The van der Waals surface area contributed by atoms with Crippen molar-refractivity contribution in [2.75, 3.05) is 25.5 Å². The molecule has 1 atom stereocenters. The molecule has 1 aliphatic heterocycles. The van der Waals surface area contributed by atoms with E-state index < -0.39 is 6.04 Å². The van der Waals surface area contributed by atoms with Gasteiger partial charge in [-0.3, -0.25) is 14.9 Å².